The Kier molecular flexibility index (Phi) is 5.64. The van der Waals surface area contributed by atoms with Crippen LogP contribution >= 0.6 is 23.1 Å². The Labute approximate surface area is 176 Å². The fraction of sp³-hybridized carbons (Fsp3) is 0.238. The number of para-hydroxylation sites is 1. The standard InChI is InChI=1S/C21H20N4O2S2/c1-13(2)11-19(27)22-15-9-7-14(8-10-15)17(26)12-28-20-23-24-21-25(20)16-5-3-4-6-18(16)29-21/h3-10,13H,11-12H2,1-2H3,(H,22,27). The predicted octanol–water partition coefficient (Wildman–Crippen LogP) is 4.90. The lowest BCUT2D eigenvalue weighted by atomic mass is 10.1. The van der Waals surface area contributed by atoms with E-state index in [1.807, 2.05) is 36.4 Å². The van der Waals surface area contributed by atoms with Gasteiger partial charge in [0.15, 0.2) is 10.9 Å². The normalized spacial score (nSPS) is 11.4. The predicted molar refractivity (Wildman–Crippen MR) is 118 cm³/mol. The Bertz CT molecular complexity index is 1180. The lowest BCUT2D eigenvalue weighted by Crippen LogP contribution is -2.14. The maximum Gasteiger partial charge on any atom is 0.224 e. The monoisotopic (exact) mass is 424 g/mol. The lowest BCUT2D eigenvalue weighted by Gasteiger charge is -2.08. The number of thioether (sulfide) groups is 1. The first-order valence-electron chi connectivity index (χ1n) is 9.30. The third kappa shape index (κ3) is 4.33. The molecule has 0 unspecified atom stereocenters. The van der Waals surface area contributed by atoms with Crippen LogP contribution in [0.1, 0.15) is 30.6 Å². The molecule has 0 radical (unpaired) electrons. The highest BCUT2D eigenvalue weighted by atomic mass is 32.2. The van der Waals surface area contributed by atoms with Gasteiger partial charge in [-0.15, -0.1) is 10.2 Å². The second kappa shape index (κ2) is 8.34. The molecular formula is C21H20N4O2S2. The molecule has 0 saturated heterocycles. The van der Waals surface area contributed by atoms with Crippen LogP contribution < -0.4 is 5.32 Å². The van der Waals surface area contributed by atoms with Crippen molar-refractivity contribution in [3.05, 3.63) is 54.1 Å². The third-order valence-electron chi connectivity index (χ3n) is 4.33. The van der Waals surface area contributed by atoms with Crippen LogP contribution in [0.25, 0.3) is 15.2 Å². The van der Waals surface area contributed by atoms with E-state index in [9.17, 15) is 9.59 Å². The van der Waals surface area contributed by atoms with Gasteiger partial charge in [0, 0.05) is 17.7 Å². The number of anilines is 1. The summed E-state index contributed by atoms with van der Waals surface area (Å²) in [7, 11) is 0. The first kappa shape index (κ1) is 19.6. The van der Waals surface area contributed by atoms with Gasteiger partial charge in [0.25, 0.3) is 0 Å². The molecule has 2 heterocycles. The lowest BCUT2D eigenvalue weighted by molar-refractivity contribution is -0.116. The van der Waals surface area contributed by atoms with Crippen molar-refractivity contribution in [2.75, 3.05) is 11.1 Å². The minimum absolute atomic E-state index is 0.00587. The minimum atomic E-state index is -0.0200. The van der Waals surface area contributed by atoms with Gasteiger partial charge in [-0.25, -0.2) is 0 Å². The molecule has 29 heavy (non-hydrogen) atoms. The van der Waals surface area contributed by atoms with E-state index in [4.69, 9.17) is 0 Å². The zero-order valence-electron chi connectivity index (χ0n) is 16.1. The van der Waals surface area contributed by atoms with Crippen molar-refractivity contribution in [3.8, 4) is 0 Å². The van der Waals surface area contributed by atoms with Gasteiger partial charge in [-0.05, 0) is 42.3 Å². The molecule has 4 rings (SSSR count). The molecule has 0 spiro atoms. The molecular weight excluding hydrogens is 404 g/mol. The number of hydrogen-bond acceptors (Lipinski definition) is 6. The van der Waals surface area contributed by atoms with Gasteiger partial charge in [-0.3, -0.25) is 14.0 Å². The highest BCUT2D eigenvalue weighted by molar-refractivity contribution is 7.99. The maximum absolute atomic E-state index is 12.6. The molecule has 0 aliphatic carbocycles. The van der Waals surface area contributed by atoms with Crippen molar-refractivity contribution in [2.24, 2.45) is 5.92 Å². The van der Waals surface area contributed by atoms with Crippen LogP contribution in [0.2, 0.25) is 0 Å². The van der Waals surface area contributed by atoms with Crippen LogP contribution in [0.15, 0.2) is 53.7 Å². The van der Waals surface area contributed by atoms with E-state index in [0.29, 0.717) is 28.7 Å². The SMILES string of the molecule is CC(C)CC(=O)Nc1ccc(C(=O)CSc2nnc3sc4ccccc4n23)cc1. The molecule has 1 amide bonds. The second-order valence-electron chi connectivity index (χ2n) is 7.11. The number of aromatic nitrogens is 3. The van der Waals surface area contributed by atoms with Gasteiger partial charge >= 0.3 is 0 Å². The van der Waals surface area contributed by atoms with E-state index in [1.54, 1.807) is 35.6 Å². The van der Waals surface area contributed by atoms with Gasteiger partial charge < -0.3 is 5.32 Å². The fourth-order valence-corrected chi connectivity index (χ4v) is 4.85. The topological polar surface area (TPSA) is 76.4 Å². The molecule has 2 aromatic carbocycles. The maximum atomic E-state index is 12.6. The first-order valence-corrected chi connectivity index (χ1v) is 11.1. The third-order valence-corrected chi connectivity index (χ3v) is 6.27. The van der Waals surface area contributed by atoms with E-state index in [2.05, 4.69) is 21.6 Å². The number of nitrogens with zero attached hydrogens (tertiary/aromatic N) is 3. The molecule has 0 aliphatic rings. The largest absolute Gasteiger partial charge is 0.326 e. The van der Waals surface area contributed by atoms with E-state index < -0.39 is 0 Å². The van der Waals surface area contributed by atoms with Gasteiger partial charge in [-0.1, -0.05) is 49.1 Å². The van der Waals surface area contributed by atoms with Gasteiger partial charge in [0.05, 0.1) is 16.0 Å². The summed E-state index contributed by atoms with van der Waals surface area (Å²) in [6.45, 7) is 4.00. The number of carbonyl (C=O) groups excluding carboxylic acids is 2. The Balaban J connectivity index is 1.42. The number of hydrogen-bond donors (Lipinski definition) is 1. The quantitative estimate of drug-likeness (QED) is 0.337. The van der Waals surface area contributed by atoms with Crippen molar-refractivity contribution in [1.82, 2.24) is 14.6 Å². The molecule has 148 valence electrons. The minimum Gasteiger partial charge on any atom is -0.326 e. The second-order valence-corrected chi connectivity index (χ2v) is 9.06. The zero-order chi connectivity index (χ0) is 20.4. The van der Waals surface area contributed by atoms with Crippen LogP contribution in [-0.2, 0) is 4.79 Å². The number of nitrogens with one attached hydrogen (secondary N) is 1. The highest BCUT2D eigenvalue weighted by Crippen LogP contribution is 2.29. The number of carbonyl (C=O) groups is 2. The van der Waals surface area contributed by atoms with Crippen molar-refractivity contribution in [2.45, 2.75) is 25.4 Å². The first-order chi connectivity index (χ1) is 14.0. The van der Waals surface area contributed by atoms with Gasteiger partial charge in [0.2, 0.25) is 10.9 Å². The Hall–Kier alpha value is -2.71. The smallest absolute Gasteiger partial charge is 0.224 e. The average molecular weight is 425 g/mol. The van der Waals surface area contributed by atoms with Crippen molar-refractivity contribution < 1.29 is 9.59 Å². The van der Waals surface area contributed by atoms with E-state index in [-0.39, 0.29) is 17.4 Å². The molecule has 0 fully saturated rings. The molecule has 8 heteroatoms. The molecule has 0 saturated carbocycles. The zero-order valence-corrected chi connectivity index (χ0v) is 17.7. The molecule has 0 aliphatic heterocycles. The van der Waals surface area contributed by atoms with Crippen molar-refractivity contribution in [1.29, 1.82) is 0 Å². The van der Waals surface area contributed by atoms with Crippen molar-refractivity contribution >= 4 is 55.7 Å². The molecule has 4 aromatic rings. The molecule has 2 aromatic heterocycles. The summed E-state index contributed by atoms with van der Waals surface area (Å²) in [6.07, 6.45) is 0.474. The van der Waals surface area contributed by atoms with Crippen LogP contribution in [0.4, 0.5) is 5.69 Å². The van der Waals surface area contributed by atoms with Crippen LogP contribution in [0.5, 0.6) is 0 Å². The number of Topliss-reactive ketones (excluding diaryl/α,β-unsaturated/α-hetero) is 1. The van der Waals surface area contributed by atoms with E-state index in [0.717, 1.165) is 15.2 Å². The van der Waals surface area contributed by atoms with Crippen LogP contribution in [-0.4, -0.2) is 32.0 Å². The molecule has 0 bridgehead atoms. The van der Waals surface area contributed by atoms with Gasteiger partial charge in [-0.2, -0.15) is 0 Å². The summed E-state index contributed by atoms with van der Waals surface area (Å²) < 4.78 is 3.13. The average Bonchev–Trinajstić information content (AvgIpc) is 3.25. The van der Waals surface area contributed by atoms with Crippen LogP contribution in [0.3, 0.4) is 0 Å². The molecule has 1 N–H and O–H groups in total. The number of benzene rings is 2. The Morgan fingerprint density at radius 1 is 1.10 bits per heavy atom. The number of amides is 1. The summed E-state index contributed by atoms with van der Waals surface area (Å²) in [6, 6.07) is 15.1. The summed E-state index contributed by atoms with van der Waals surface area (Å²) in [5.74, 6) is 0.556. The summed E-state index contributed by atoms with van der Waals surface area (Å²) >= 11 is 2.96. The summed E-state index contributed by atoms with van der Waals surface area (Å²) in [5, 5.41) is 12.0. The number of ketones is 1. The van der Waals surface area contributed by atoms with Gasteiger partial charge in [0.1, 0.15) is 0 Å². The highest BCUT2D eigenvalue weighted by Gasteiger charge is 2.15. The molecule has 6 nitrogen and oxygen atoms in total. The van der Waals surface area contributed by atoms with E-state index >= 15 is 0 Å². The summed E-state index contributed by atoms with van der Waals surface area (Å²) in [4.78, 5) is 25.3. The van der Waals surface area contributed by atoms with Crippen LogP contribution in [0, 0.1) is 5.92 Å². The number of thiazole rings is 1. The number of fused-ring (bicyclic) bond motifs is 3. The Morgan fingerprint density at radius 3 is 2.62 bits per heavy atom. The number of rotatable bonds is 7. The Morgan fingerprint density at radius 2 is 1.86 bits per heavy atom. The fourth-order valence-electron chi connectivity index (χ4n) is 2.98. The summed E-state index contributed by atoms with van der Waals surface area (Å²) in [5.41, 5.74) is 2.35. The van der Waals surface area contributed by atoms with Crippen molar-refractivity contribution in [3.63, 3.8) is 0 Å². The molecule has 0 atom stereocenters. The van der Waals surface area contributed by atoms with E-state index in [1.165, 1.54) is 11.8 Å².